The molecule has 0 spiro atoms. The highest BCUT2D eigenvalue weighted by molar-refractivity contribution is 7.89. The lowest BCUT2D eigenvalue weighted by Gasteiger charge is -2.12. The number of sulfonamides is 1. The highest BCUT2D eigenvalue weighted by Crippen LogP contribution is 2.22. The number of ether oxygens (including phenoxy) is 1. The molecule has 8 heteroatoms. The van der Waals surface area contributed by atoms with E-state index in [0.29, 0.717) is 6.54 Å². The Labute approximate surface area is 135 Å². The van der Waals surface area contributed by atoms with Gasteiger partial charge in [-0.2, -0.15) is 0 Å². The molecule has 1 heterocycles. The van der Waals surface area contributed by atoms with Crippen LogP contribution in [0.25, 0.3) is 0 Å². The number of carbonyl (C=O) groups is 1. The summed E-state index contributed by atoms with van der Waals surface area (Å²) in [5.41, 5.74) is 1.07. The third-order valence-corrected chi connectivity index (χ3v) is 4.35. The van der Waals surface area contributed by atoms with E-state index in [1.165, 1.54) is 25.3 Å². The molecule has 3 N–H and O–H groups in total. The number of amides is 1. The van der Waals surface area contributed by atoms with Gasteiger partial charge in [0.1, 0.15) is 5.75 Å². The maximum absolute atomic E-state index is 12.4. The van der Waals surface area contributed by atoms with Crippen LogP contribution < -0.4 is 15.2 Å². The average molecular weight is 337 g/mol. The standard InChI is InChI=1S/C15H19N3O4S/c1-3-18-8-4-5-11(18)10-17-15(19)13-9-12(23(16,20)21)6-7-14(13)22-2/h4-9H,3,10H2,1-2H3,(H,17,19)(H2,16,20,21). The molecule has 0 radical (unpaired) electrons. The number of hydrogen-bond donors (Lipinski definition) is 2. The highest BCUT2D eigenvalue weighted by Gasteiger charge is 2.17. The zero-order valence-electron chi connectivity index (χ0n) is 12.9. The van der Waals surface area contributed by atoms with E-state index in [4.69, 9.17) is 9.88 Å². The fourth-order valence-corrected chi connectivity index (χ4v) is 2.77. The quantitative estimate of drug-likeness (QED) is 0.823. The van der Waals surface area contributed by atoms with Crippen LogP contribution in [0, 0.1) is 0 Å². The fraction of sp³-hybridized carbons (Fsp3) is 0.267. The van der Waals surface area contributed by atoms with Crippen LogP contribution in [0.5, 0.6) is 5.75 Å². The van der Waals surface area contributed by atoms with Crippen LogP contribution in [-0.2, 0) is 23.1 Å². The number of benzene rings is 1. The van der Waals surface area contributed by atoms with Gasteiger partial charge < -0.3 is 14.6 Å². The first-order valence-corrected chi connectivity index (χ1v) is 8.54. The van der Waals surface area contributed by atoms with Gasteiger partial charge >= 0.3 is 0 Å². The van der Waals surface area contributed by atoms with Crippen LogP contribution in [0.2, 0.25) is 0 Å². The second kappa shape index (κ2) is 6.84. The van der Waals surface area contributed by atoms with Gasteiger partial charge in [0.25, 0.3) is 5.91 Å². The van der Waals surface area contributed by atoms with Crippen molar-refractivity contribution < 1.29 is 17.9 Å². The Bertz CT molecular complexity index is 812. The van der Waals surface area contributed by atoms with E-state index >= 15 is 0 Å². The van der Waals surface area contributed by atoms with E-state index in [2.05, 4.69) is 5.32 Å². The SMILES string of the molecule is CCn1cccc1CNC(=O)c1cc(S(N)(=O)=O)ccc1OC. The average Bonchev–Trinajstić information content (AvgIpc) is 2.98. The lowest BCUT2D eigenvalue weighted by Crippen LogP contribution is -2.25. The highest BCUT2D eigenvalue weighted by atomic mass is 32.2. The van der Waals surface area contributed by atoms with E-state index in [1.807, 2.05) is 29.8 Å². The second-order valence-electron chi connectivity index (χ2n) is 4.88. The molecule has 0 atom stereocenters. The first-order valence-electron chi connectivity index (χ1n) is 7.00. The minimum Gasteiger partial charge on any atom is -0.496 e. The van der Waals surface area contributed by atoms with Gasteiger partial charge in [0.05, 0.1) is 24.1 Å². The van der Waals surface area contributed by atoms with Crippen LogP contribution >= 0.6 is 0 Å². The Morgan fingerprint density at radius 1 is 1.35 bits per heavy atom. The lowest BCUT2D eigenvalue weighted by molar-refractivity contribution is 0.0946. The molecule has 1 aromatic carbocycles. The summed E-state index contributed by atoms with van der Waals surface area (Å²) in [7, 11) is -2.48. The van der Waals surface area contributed by atoms with E-state index in [1.54, 1.807) is 0 Å². The molecule has 0 bridgehead atoms. The molecule has 2 aromatic rings. The van der Waals surface area contributed by atoms with Gasteiger partial charge in [-0.15, -0.1) is 0 Å². The Hall–Kier alpha value is -2.32. The molecule has 0 fully saturated rings. The second-order valence-corrected chi connectivity index (χ2v) is 6.44. The molecule has 124 valence electrons. The van der Waals surface area contributed by atoms with Crippen LogP contribution in [0.3, 0.4) is 0 Å². The largest absolute Gasteiger partial charge is 0.496 e. The molecule has 0 saturated heterocycles. The normalized spacial score (nSPS) is 11.3. The van der Waals surface area contributed by atoms with Crippen molar-refractivity contribution in [2.45, 2.75) is 24.9 Å². The summed E-state index contributed by atoms with van der Waals surface area (Å²) in [4.78, 5) is 12.2. The summed E-state index contributed by atoms with van der Waals surface area (Å²) in [5, 5.41) is 7.86. The van der Waals surface area contributed by atoms with Crippen molar-refractivity contribution in [1.29, 1.82) is 0 Å². The Balaban J connectivity index is 2.24. The molecular formula is C15H19N3O4S. The Morgan fingerprint density at radius 2 is 2.09 bits per heavy atom. The maximum Gasteiger partial charge on any atom is 0.255 e. The van der Waals surface area contributed by atoms with Crippen molar-refractivity contribution in [1.82, 2.24) is 9.88 Å². The minimum absolute atomic E-state index is 0.119. The van der Waals surface area contributed by atoms with Crippen LogP contribution in [0.1, 0.15) is 23.0 Å². The molecular weight excluding hydrogens is 318 g/mol. The molecule has 1 aromatic heterocycles. The topological polar surface area (TPSA) is 103 Å². The van der Waals surface area contributed by atoms with E-state index < -0.39 is 15.9 Å². The minimum atomic E-state index is -3.89. The van der Waals surface area contributed by atoms with Gasteiger partial charge in [0, 0.05) is 18.4 Å². The first kappa shape index (κ1) is 17.0. The van der Waals surface area contributed by atoms with E-state index in [9.17, 15) is 13.2 Å². The van der Waals surface area contributed by atoms with Crippen molar-refractivity contribution in [3.8, 4) is 5.75 Å². The van der Waals surface area contributed by atoms with Gasteiger partial charge in [-0.05, 0) is 37.3 Å². The predicted octanol–water partition coefficient (Wildman–Crippen LogP) is 1.09. The summed E-state index contributed by atoms with van der Waals surface area (Å²) in [6, 6.07) is 7.72. The number of nitrogens with two attached hydrogens (primary N) is 1. The van der Waals surface area contributed by atoms with Crippen LogP contribution in [0.4, 0.5) is 0 Å². The number of aryl methyl sites for hydroxylation is 1. The smallest absolute Gasteiger partial charge is 0.255 e. The molecule has 0 saturated carbocycles. The van der Waals surface area contributed by atoms with Crippen molar-refractivity contribution in [2.24, 2.45) is 5.14 Å². The van der Waals surface area contributed by atoms with Crippen molar-refractivity contribution >= 4 is 15.9 Å². The summed E-state index contributed by atoms with van der Waals surface area (Å²) in [6.07, 6.45) is 1.92. The number of carbonyl (C=O) groups excluding carboxylic acids is 1. The van der Waals surface area contributed by atoms with E-state index in [0.717, 1.165) is 12.2 Å². The zero-order valence-corrected chi connectivity index (χ0v) is 13.8. The van der Waals surface area contributed by atoms with Crippen molar-refractivity contribution in [3.05, 3.63) is 47.8 Å². The maximum atomic E-state index is 12.4. The zero-order chi connectivity index (χ0) is 17.0. The van der Waals surface area contributed by atoms with Crippen molar-refractivity contribution in [2.75, 3.05) is 7.11 Å². The number of nitrogens with zero attached hydrogens (tertiary/aromatic N) is 1. The van der Waals surface area contributed by atoms with Crippen LogP contribution in [-0.4, -0.2) is 26.0 Å². The third kappa shape index (κ3) is 3.91. The Kier molecular flexibility index (Phi) is 5.07. The predicted molar refractivity (Wildman–Crippen MR) is 85.6 cm³/mol. The summed E-state index contributed by atoms with van der Waals surface area (Å²) in [6.45, 7) is 3.12. The summed E-state index contributed by atoms with van der Waals surface area (Å²) >= 11 is 0. The first-order chi connectivity index (χ1) is 10.9. The van der Waals surface area contributed by atoms with Crippen LogP contribution in [0.15, 0.2) is 41.4 Å². The monoisotopic (exact) mass is 337 g/mol. The number of nitrogens with one attached hydrogen (secondary N) is 1. The molecule has 0 unspecified atom stereocenters. The molecule has 0 aliphatic heterocycles. The van der Waals surface area contributed by atoms with E-state index in [-0.39, 0.29) is 16.2 Å². The van der Waals surface area contributed by atoms with Gasteiger partial charge in [0.15, 0.2) is 0 Å². The fourth-order valence-electron chi connectivity index (χ4n) is 2.23. The summed E-state index contributed by atoms with van der Waals surface area (Å²) in [5.74, 6) is -0.156. The van der Waals surface area contributed by atoms with Gasteiger partial charge in [-0.25, -0.2) is 13.6 Å². The van der Waals surface area contributed by atoms with Gasteiger partial charge in [-0.3, -0.25) is 4.79 Å². The molecule has 23 heavy (non-hydrogen) atoms. The third-order valence-electron chi connectivity index (χ3n) is 3.44. The van der Waals surface area contributed by atoms with Gasteiger partial charge in [-0.1, -0.05) is 0 Å². The molecule has 1 amide bonds. The van der Waals surface area contributed by atoms with Gasteiger partial charge in [0.2, 0.25) is 10.0 Å². The lowest BCUT2D eigenvalue weighted by atomic mass is 10.2. The number of aromatic nitrogens is 1. The molecule has 0 aliphatic carbocycles. The number of rotatable bonds is 6. The molecule has 2 rings (SSSR count). The number of primary sulfonamides is 1. The number of methoxy groups -OCH3 is 1. The molecule has 7 nitrogen and oxygen atoms in total. The number of hydrogen-bond acceptors (Lipinski definition) is 4. The van der Waals surface area contributed by atoms with Crippen molar-refractivity contribution in [3.63, 3.8) is 0 Å². The Morgan fingerprint density at radius 3 is 2.70 bits per heavy atom. The summed E-state index contributed by atoms with van der Waals surface area (Å²) < 4.78 is 30.0. The molecule has 0 aliphatic rings.